The van der Waals surface area contributed by atoms with Gasteiger partial charge in [0, 0.05) is 5.41 Å². The van der Waals surface area contributed by atoms with Crippen LogP contribution in [0.2, 0.25) is 0 Å². The zero-order chi connectivity index (χ0) is 12.5. The predicted octanol–water partition coefficient (Wildman–Crippen LogP) is 2.15. The van der Waals surface area contributed by atoms with Crippen LogP contribution in [0.5, 0.6) is 0 Å². The topological polar surface area (TPSA) is 67.6 Å². The normalized spacial score (nSPS) is 13.6. The van der Waals surface area contributed by atoms with Crippen LogP contribution in [0.3, 0.4) is 0 Å². The van der Waals surface area contributed by atoms with Crippen LogP contribution in [0.1, 0.15) is 44.0 Å². The van der Waals surface area contributed by atoms with Crippen LogP contribution >= 0.6 is 0 Å². The van der Waals surface area contributed by atoms with Crippen LogP contribution in [-0.4, -0.2) is 15.2 Å². The van der Waals surface area contributed by atoms with Gasteiger partial charge in [-0.05, 0) is 5.56 Å². The molecule has 1 aromatic carbocycles. The zero-order valence-corrected chi connectivity index (χ0v) is 10.4. The van der Waals surface area contributed by atoms with Crippen LogP contribution in [0.25, 0.3) is 0 Å². The summed E-state index contributed by atoms with van der Waals surface area (Å²) in [6.45, 7) is 6.23. The Morgan fingerprint density at radius 2 is 1.82 bits per heavy atom. The van der Waals surface area contributed by atoms with E-state index < -0.39 is 0 Å². The predicted molar refractivity (Wildman–Crippen MR) is 67.6 cm³/mol. The fourth-order valence-corrected chi connectivity index (χ4v) is 1.57. The summed E-state index contributed by atoms with van der Waals surface area (Å²) in [6, 6.07) is 9.64. The Morgan fingerprint density at radius 1 is 1.18 bits per heavy atom. The Bertz CT molecular complexity index is 482. The molecule has 4 nitrogen and oxygen atoms in total. The molecule has 0 spiro atoms. The first kappa shape index (κ1) is 11.8. The molecule has 0 bridgehead atoms. The number of aromatic amines is 1. The number of nitrogens with zero attached hydrogens (tertiary/aromatic N) is 2. The molecule has 17 heavy (non-hydrogen) atoms. The molecule has 1 aromatic heterocycles. The number of nitrogens with two attached hydrogens (primary N) is 1. The van der Waals surface area contributed by atoms with Crippen molar-refractivity contribution in [1.29, 1.82) is 0 Å². The van der Waals surface area contributed by atoms with Crippen molar-refractivity contribution in [1.82, 2.24) is 15.2 Å². The molecule has 0 radical (unpaired) electrons. The van der Waals surface area contributed by atoms with E-state index in [2.05, 4.69) is 36.0 Å². The molecule has 1 heterocycles. The summed E-state index contributed by atoms with van der Waals surface area (Å²) in [7, 11) is 0. The quantitative estimate of drug-likeness (QED) is 0.830. The van der Waals surface area contributed by atoms with E-state index in [4.69, 9.17) is 5.73 Å². The first-order valence-electron chi connectivity index (χ1n) is 5.72. The lowest BCUT2D eigenvalue weighted by atomic mass is 9.96. The lowest BCUT2D eigenvalue weighted by Crippen LogP contribution is -2.15. The summed E-state index contributed by atoms with van der Waals surface area (Å²) in [5.74, 6) is 1.50. The molecule has 90 valence electrons. The van der Waals surface area contributed by atoms with Crippen LogP contribution in [0, 0.1) is 0 Å². The highest BCUT2D eigenvalue weighted by atomic mass is 15.2. The third-order valence-electron chi connectivity index (χ3n) is 2.63. The first-order valence-corrected chi connectivity index (χ1v) is 5.72. The van der Waals surface area contributed by atoms with Gasteiger partial charge in [-0.2, -0.15) is 5.10 Å². The van der Waals surface area contributed by atoms with E-state index in [0.717, 1.165) is 11.4 Å². The fourth-order valence-electron chi connectivity index (χ4n) is 1.57. The van der Waals surface area contributed by atoms with Gasteiger partial charge >= 0.3 is 0 Å². The van der Waals surface area contributed by atoms with E-state index in [1.165, 1.54) is 0 Å². The molecule has 0 aliphatic heterocycles. The molecule has 0 fully saturated rings. The number of hydrogen-bond donors (Lipinski definition) is 2. The van der Waals surface area contributed by atoms with Crippen molar-refractivity contribution in [3.63, 3.8) is 0 Å². The zero-order valence-electron chi connectivity index (χ0n) is 10.4. The van der Waals surface area contributed by atoms with Gasteiger partial charge in [0.25, 0.3) is 0 Å². The number of rotatable bonds is 2. The summed E-state index contributed by atoms with van der Waals surface area (Å²) in [5.41, 5.74) is 7.11. The standard InChI is InChI=1S/C13H18N4/c1-13(2,3)12-15-11(16-17-12)10(14)9-7-5-4-6-8-9/h4-8,10H,14H2,1-3H3,(H,15,16,17)/t10-/m1/s1. The maximum Gasteiger partial charge on any atom is 0.156 e. The molecule has 0 aliphatic rings. The van der Waals surface area contributed by atoms with Gasteiger partial charge in [-0.15, -0.1) is 0 Å². The highest BCUT2D eigenvalue weighted by Crippen LogP contribution is 2.21. The van der Waals surface area contributed by atoms with Crippen molar-refractivity contribution < 1.29 is 0 Å². The number of benzene rings is 1. The van der Waals surface area contributed by atoms with Crippen LogP contribution in [-0.2, 0) is 5.41 Å². The van der Waals surface area contributed by atoms with Gasteiger partial charge in [-0.1, -0.05) is 51.1 Å². The van der Waals surface area contributed by atoms with E-state index in [1.54, 1.807) is 0 Å². The van der Waals surface area contributed by atoms with E-state index >= 15 is 0 Å². The maximum absolute atomic E-state index is 6.14. The highest BCUT2D eigenvalue weighted by Gasteiger charge is 2.21. The minimum absolute atomic E-state index is 0.0643. The molecule has 1 atom stereocenters. The van der Waals surface area contributed by atoms with E-state index in [1.807, 2.05) is 30.3 Å². The monoisotopic (exact) mass is 230 g/mol. The van der Waals surface area contributed by atoms with E-state index in [-0.39, 0.29) is 11.5 Å². The number of nitrogens with one attached hydrogen (secondary N) is 1. The van der Waals surface area contributed by atoms with Crippen molar-refractivity contribution >= 4 is 0 Å². The second kappa shape index (κ2) is 4.30. The average Bonchev–Trinajstić information content (AvgIpc) is 2.78. The smallest absolute Gasteiger partial charge is 0.156 e. The number of hydrogen-bond acceptors (Lipinski definition) is 3. The van der Waals surface area contributed by atoms with Gasteiger partial charge in [-0.3, -0.25) is 5.10 Å². The van der Waals surface area contributed by atoms with E-state index in [0.29, 0.717) is 5.82 Å². The highest BCUT2D eigenvalue weighted by molar-refractivity contribution is 5.24. The number of aromatic nitrogens is 3. The molecular formula is C13H18N4. The molecule has 3 N–H and O–H groups in total. The fraction of sp³-hybridized carbons (Fsp3) is 0.385. The average molecular weight is 230 g/mol. The second-order valence-electron chi connectivity index (χ2n) is 5.18. The first-order chi connectivity index (χ1) is 7.98. The minimum Gasteiger partial charge on any atom is -0.318 e. The Hall–Kier alpha value is -1.68. The van der Waals surface area contributed by atoms with Gasteiger partial charge in [0.1, 0.15) is 5.82 Å². The largest absolute Gasteiger partial charge is 0.318 e. The van der Waals surface area contributed by atoms with E-state index in [9.17, 15) is 0 Å². The molecule has 2 rings (SSSR count). The number of H-pyrrole nitrogens is 1. The summed E-state index contributed by atoms with van der Waals surface area (Å²) in [5, 5.41) is 7.14. The van der Waals surface area contributed by atoms with Gasteiger partial charge in [0.05, 0.1) is 6.04 Å². The Labute approximate surface area is 101 Å². The Morgan fingerprint density at radius 3 is 2.35 bits per heavy atom. The molecule has 0 saturated carbocycles. The van der Waals surface area contributed by atoms with Crippen molar-refractivity contribution in [2.45, 2.75) is 32.2 Å². The molecular weight excluding hydrogens is 212 g/mol. The van der Waals surface area contributed by atoms with Crippen LogP contribution in [0.4, 0.5) is 0 Å². The van der Waals surface area contributed by atoms with Gasteiger partial charge in [0.2, 0.25) is 0 Å². The SMILES string of the molecule is CC(C)(C)c1n[nH]c([C@H](N)c2ccccc2)n1. The summed E-state index contributed by atoms with van der Waals surface area (Å²) >= 11 is 0. The van der Waals surface area contributed by atoms with Crippen molar-refractivity contribution in [2.75, 3.05) is 0 Å². The summed E-state index contributed by atoms with van der Waals surface area (Å²) in [4.78, 5) is 4.47. The summed E-state index contributed by atoms with van der Waals surface area (Å²) < 4.78 is 0. The lowest BCUT2D eigenvalue weighted by Gasteiger charge is -2.12. The molecule has 0 saturated heterocycles. The molecule has 0 aliphatic carbocycles. The minimum atomic E-state index is -0.250. The third kappa shape index (κ3) is 2.53. The third-order valence-corrected chi connectivity index (χ3v) is 2.63. The summed E-state index contributed by atoms with van der Waals surface area (Å²) in [6.07, 6.45) is 0. The Balaban J connectivity index is 2.27. The molecule has 0 unspecified atom stereocenters. The van der Waals surface area contributed by atoms with Gasteiger partial charge < -0.3 is 5.73 Å². The van der Waals surface area contributed by atoms with Crippen LogP contribution < -0.4 is 5.73 Å². The van der Waals surface area contributed by atoms with Crippen LogP contribution in [0.15, 0.2) is 30.3 Å². The maximum atomic E-state index is 6.14. The Kier molecular flexibility index (Phi) is 2.98. The van der Waals surface area contributed by atoms with Crippen molar-refractivity contribution in [2.24, 2.45) is 5.73 Å². The van der Waals surface area contributed by atoms with Crippen molar-refractivity contribution in [3.8, 4) is 0 Å². The lowest BCUT2D eigenvalue weighted by molar-refractivity contribution is 0.547. The molecule has 4 heteroatoms. The van der Waals surface area contributed by atoms with Gasteiger partial charge in [0.15, 0.2) is 5.82 Å². The van der Waals surface area contributed by atoms with Crippen molar-refractivity contribution in [3.05, 3.63) is 47.5 Å². The molecule has 0 amide bonds. The van der Waals surface area contributed by atoms with Gasteiger partial charge in [-0.25, -0.2) is 4.98 Å². The molecule has 2 aromatic rings. The second-order valence-corrected chi connectivity index (χ2v) is 5.18.